The largest absolute Gasteiger partial charge is 0.394 e. The quantitative estimate of drug-likeness (QED) is 0.167. The lowest BCUT2D eigenvalue weighted by Gasteiger charge is -2.48. The van der Waals surface area contributed by atoms with Crippen LogP contribution in [0, 0.1) is 0 Å². The zero-order chi connectivity index (χ0) is 24.6. The highest BCUT2D eigenvalue weighted by atomic mass is 16.8. The molecule has 3 rings (SSSR count). The molecule has 0 saturated carbocycles. The SMILES string of the molecule is C[C@@H]1O[C@H](O[C@H]2[C@H](O[C@H]3[C@H](O)[C@@H](O)[C@H](O)O[C@@H]3CO)O[C@H](CO)[C@H](O)[C@@H]2O)[C@@H](O)[C@H](O)[C@@H]1O. The average Bonchev–Trinajstić information content (AvgIpc) is 2.80. The van der Waals surface area contributed by atoms with Gasteiger partial charge in [0.15, 0.2) is 18.9 Å². The average molecular weight is 488 g/mol. The van der Waals surface area contributed by atoms with Gasteiger partial charge in [0.2, 0.25) is 0 Å². The second-order valence-corrected chi connectivity index (χ2v) is 8.32. The number of hydrogen-bond donors (Lipinski definition) is 10. The van der Waals surface area contributed by atoms with Gasteiger partial charge in [-0.3, -0.25) is 0 Å². The minimum absolute atomic E-state index is 0.760. The number of ether oxygens (including phenoxy) is 5. The van der Waals surface area contributed by atoms with E-state index >= 15 is 0 Å². The van der Waals surface area contributed by atoms with Crippen LogP contribution in [-0.2, 0) is 23.7 Å². The van der Waals surface area contributed by atoms with Crippen LogP contribution in [0.3, 0.4) is 0 Å². The van der Waals surface area contributed by atoms with Gasteiger partial charge in [0.05, 0.1) is 19.3 Å². The zero-order valence-electron chi connectivity index (χ0n) is 17.6. The third-order valence-electron chi connectivity index (χ3n) is 6.05. The maximum Gasteiger partial charge on any atom is 0.187 e. The first-order valence-electron chi connectivity index (χ1n) is 10.4. The van der Waals surface area contributed by atoms with Crippen LogP contribution in [0.15, 0.2) is 0 Å². The Labute approximate surface area is 187 Å². The Kier molecular flexibility index (Phi) is 8.99. The summed E-state index contributed by atoms with van der Waals surface area (Å²) in [6.07, 6.45) is -24.1. The molecule has 3 saturated heterocycles. The molecular weight excluding hydrogens is 456 g/mol. The summed E-state index contributed by atoms with van der Waals surface area (Å²) in [5.74, 6) is 0. The van der Waals surface area contributed by atoms with Crippen molar-refractivity contribution in [2.24, 2.45) is 0 Å². The zero-order valence-corrected chi connectivity index (χ0v) is 17.6. The van der Waals surface area contributed by atoms with Gasteiger partial charge in [-0.05, 0) is 6.92 Å². The van der Waals surface area contributed by atoms with Crippen molar-refractivity contribution >= 4 is 0 Å². The highest BCUT2D eigenvalue weighted by molar-refractivity contribution is 4.95. The van der Waals surface area contributed by atoms with Crippen LogP contribution >= 0.6 is 0 Å². The molecule has 0 unspecified atom stereocenters. The lowest BCUT2D eigenvalue weighted by atomic mass is 9.96. The maximum atomic E-state index is 10.6. The summed E-state index contributed by atoms with van der Waals surface area (Å²) in [7, 11) is 0. The molecule has 0 aromatic carbocycles. The van der Waals surface area contributed by atoms with E-state index in [0.29, 0.717) is 0 Å². The molecule has 0 amide bonds. The van der Waals surface area contributed by atoms with Gasteiger partial charge in [-0.1, -0.05) is 0 Å². The minimum atomic E-state index is -1.83. The highest BCUT2D eigenvalue weighted by Crippen LogP contribution is 2.32. The monoisotopic (exact) mass is 488 g/mol. The van der Waals surface area contributed by atoms with Crippen LogP contribution < -0.4 is 0 Å². The molecule has 3 fully saturated rings. The van der Waals surface area contributed by atoms with Gasteiger partial charge in [0, 0.05) is 0 Å². The normalized spacial score (nSPS) is 53.7. The van der Waals surface area contributed by atoms with E-state index in [9.17, 15) is 51.1 Å². The fourth-order valence-electron chi connectivity index (χ4n) is 3.98. The molecule has 0 aromatic heterocycles. The first-order chi connectivity index (χ1) is 15.5. The first-order valence-corrected chi connectivity index (χ1v) is 10.4. The number of aliphatic hydroxyl groups is 10. The van der Waals surface area contributed by atoms with Gasteiger partial charge in [0.25, 0.3) is 0 Å². The smallest absolute Gasteiger partial charge is 0.187 e. The molecule has 0 aromatic rings. The van der Waals surface area contributed by atoms with E-state index in [1.54, 1.807) is 0 Å². The number of hydrogen-bond acceptors (Lipinski definition) is 15. The van der Waals surface area contributed by atoms with Crippen LogP contribution in [0.4, 0.5) is 0 Å². The molecule has 194 valence electrons. The van der Waals surface area contributed by atoms with Crippen LogP contribution in [0.1, 0.15) is 6.92 Å². The predicted octanol–water partition coefficient (Wildman–Crippen LogP) is -6.55. The van der Waals surface area contributed by atoms with Crippen molar-refractivity contribution in [3.8, 4) is 0 Å². The molecule has 3 aliphatic rings. The highest BCUT2D eigenvalue weighted by Gasteiger charge is 2.53. The van der Waals surface area contributed by atoms with Crippen molar-refractivity contribution in [3.05, 3.63) is 0 Å². The summed E-state index contributed by atoms with van der Waals surface area (Å²) >= 11 is 0. The van der Waals surface area contributed by atoms with Crippen molar-refractivity contribution in [2.45, 2.75) is 99.0 Å². The molecule has 15 atom stereocenters. The fraction of sp³-hybridized carbons (Fsp3) is 1.00. The van der Waals surface area contributed by atoms with Crippen LogP contribution in [0.2, 0.25) is 0 Å². The Balaban J connectivity index is 1.83. The van der Waals surface area contributed by atoms with E-state index in [-0.39, 0.29) is 0 Å². The number of aliphatic hydroxyl groups excluding tert-OH is 10. The van der Waals surface area contributed by atoms with E-state index in [2.05, 4.69) is 0 Å². The fourth-order valence-corrected chi connectivity index (χ4v) is 3.98. The van der Waals surface area contributed by atoms with Crippen molar-refractivity contribution in [1.82, 2.24) is 0 Å². The summed E-state index contributed by atoms with van der Waals surface area (Å²) in [6, 6.07) is 0. The van der Waals surface area contributed by atoms with Gasteiger partial charge in [0.1, 0.15) is 67.1 Å². The molecule has 33 heavy (non-hydrogen) atoms. The summed E-state index contributed by atoms with van der Waals surface area (Å²) < 4.78 is 26.9. The van der Waals surface area contributed by atoms with Crippen LogP contribution in [0.25, 0.3) is 0 Å². The minimum Gasteiger partial charge on any atom is -0.394 e. The van der Waals surface area contributed by atoms with E-state index in [1.807, 2.05) is 0 Å². The Morgan fingerprint density at radius 1 is 0.545 bits per heavy atom. The second-order valence-electron chi connectivity index (χ2n) is 8.32. The topological polar surface area (TPSA) is 248 Å². The molecule has 3 heterocycles. The molecule has 0 radical (unpaired) electrons. The maximum absolute atomic E-state index is 10.6. The summed E-state index contributed by atoms with van der Waals surface area (Å²) in [6.45, 7) is -0.128. The molecule has 15 heteroatoms. The van der Waals surface area contributed by atoms with Crippen molar-refractivity contribution in [1.29, 1.82) is 0 Å². The lowest BCUT2D eigenvalue weighted by Crippen LogP contribution is -2.66. The van der Waals surface area contributed by atoms with Crippen LogP contribution in [0.5, 0.6) is 0 Å². The standard InChI is InChI=1S/C18H32O15/c1-4-7(21)9(23)13(27)17(29-4)33-15-10(24)8(22)5(2-19)31-18(15)32-14-6(3-20)30-16(28)12(26)11(14)25/h4-28H,2-3H2,1H3/t4-,5+,6+,7+,8-,9+,10-,11+,12+,13-,14+,15+,16+,17+,18-/m0/s1. The lowest BCUT2D eigenvalue weighted by molar-refractivity contribution is -0.385. The molecule has 3 aliphatic heterocycles. The second kappa shape index (κ2) is 11.0. The van der Waals surface area contributed by atoms with Crippen LogP contribution in [-0.4, -0.2) is 156 Å². The third-order valence-corrected chi connectivity index (χ3v) is 6.05. The van der Waals surface area contributed by atoms with Gasteiger partial charge < -0.3 is 74.7 Å². The van der Waals surface area contributed by atoms with E-state index in [0.717, 1.165) is 0 Å². The molecule has 0 spiro atoms. The van der Waals surface area contributed by atoms with Gasteiger partial charge in [-0.2, -0.15) is 0 Å². The molecule has 10 N–H and O–H groups in total. The van der Waals surface area contributed by atoms with E-state index in [1.165, 1.54) is 6.92 Å². The predicted molar refractivity (Wildman–Crippen MR) is 99.8 cm³/mol. The van der Waals surface area contributed by atoms with Gasteiger partial charge in [-0.15, -0.1) is 0 Å². The Bertz CT molecular complexity index is 624. The van der Waals surface area contributed by atoms with Gasteiger partial charge >= 0.3 is 0 Å². The Hall–Kier alpha value is -0.600. The first kappa shape index (κ1) is 27.0. The molecular formula is C18H32O15. The Morgan fingerprint density at radius 2 is 1.12 bits per heavy atom. The third kappa shape index (κ3) is 5.32. The van der Waals surface area contributed by atoms with E-state index in [4.69, 9.17) is 23.7 Å². The van der Waals surface area contributed by atoms with Crippen molar-refractivity contribution in [3.63, 3.8) is 0 Å². The van der Waals surface area contributed by atoms with Gasteiger partial charge in [-0.25, -0.2) is 0 Å². The Morgan fingerprint density at radius 3 is 1.73 bits per heavy atom. The molecule has 15 nitrogen and oxygen atoms in total. The van der Waals surface area contributed by atoms with Crippen molar-refractivity contribution in [2.75, 3.05) is 13.2 Å². The molecule has 0 bridgehead atoms. The molecule has 0 aliphatic carbocycles. The summed E-state index contributed by atoms with van der Waals surface area (Å²) in [4.78, 5) is 0. The summed E-state index contributed by atoms with van der Waals surface area (Å²) in [5.41, 5.74) is 0. The van der Waals surface area contributed by atoms with E-state index < -0.39 is 105 Å². The number of rotatable bonds is 6. The summed E-state index contributed by atoms with van der Waals surface area (Å²) in [5, 5.41) is 99.8. The van der Waals surface area contributed by atoms with Crippen molar-refractivity contribution < 1.29 is 74.7 Å².